The van der Waals surface area contributed by atoms with E-state index in [-0.39, 0.29) is 5.41 Å². The van der Waals surface area contributed by atoms with Crippen molar-refractivity contribution in [2.75, 3.05) is 0 Å². The highest BCUT2D eigenvalue weighted by Crippen LogP contribution is 2.41. The van der Waals surface area contributed by atoms with E-state index >= 15 is 0 Å². The molecule has 2 nitrogen and oxygen atoms in total. The van der Waals surface area contributed by atoms with Crippen LogP contribution in [0.25, 0.3) is 0 Å². The summed E-state index contributed by atoms with van der Waals surface area (Å²) >= 11 is 0. The van der Waals surface area contributed by atoms with Gasteiger partial charge < -0.3 is 4.74 Å². The van der Waals surface area contributed by atoms with Gasteiger partial charge >= 0.3 is 0 Å². The van der Waals surface area contributed by atoms with Gasteiger partial charge in [-0.2, -0.15) is 0 Å². The zero-order chi connectivity index (χ0) is 15.2. The van der Waals surface area contributed by atoms with Gasteiger partial charge in [0.15, 0.2) is 0 Å². The van der Waals surface area contributed by atoms with Crippen LogP contribution in [0.2, 0.25) is 0 Å². The summed E-state index contributed by atoms with van der Waals surface area (Å²) in [6.45, 7) is 10.6. The lowest BCUT2D eigenvalue weighted by molar-refractivity contribution is 0.290. The molecule has 1 unspecified atom stereocenters. The smallest absolute Gasteiger partial charge is 0.292 e. The lowest BCUT2D eigenvalue weighted by atomic mass is 9.74. The van der Waals surface area contributed by atoms with Crippen LogP contribution in [-0.2, 0) is 4.74 Å². The van der Waals surface area contributed by atoms with E-state index in [1.165, 1.54) is 0 Å². The molecule has 0 fully saturated rings. The molecule has 1 aliphatic rings. The Bertz CT molecular complexity index is 498. The summed E-state index contributed by atoms with van der Waals surface area (Å²) in [5.74, 6) is 1.20. The van der Waals surface area contributed by atoms with Crippen LogP contribution in [0.4, 0.5) is 0 Å². The maximum atomic E-state index is 8.93. The van der Waals surface area contributed by atoms with Gasteiger partial charge in [0.05, 0.1) is 0 Å². The molecule has 0 bridgehead atoms. The summed E-state index contributed by atoms with van der Waals surface area (Å²) in [7, 11) is 0. The Morgan fingerprint density at radius 2 is 1.95 bits per heavy atom. The maximum absolute atomic E-state index is 8.93. The molecule has 0 aliphatic heterocycles. The Hall–Kier alpha value is -1.75. The van der Waals surface area contributed by atoms with Crippen molar-refractivity contribution in [2.24, 2.45) is 11.3 Å². The van der Waals surface area contributed by atoms with E-state index in [4.69, 9.17) is 10.00 Å². The molecule has 1 rings (SSSR count). The summed E-state index contributed by atoms with van der Waals surface area (Å²) in [5.41, 5.74) is 2.00. The molecule has 20 heavy (non-hydrogen) atoms. The first-order valence-corrected chi connectivity index (χ1v) is 7.37. The number of ether oxygens (including phenoxy) is 1. The Labute approximate surface area is 123 Å². The zero-order valence-electron chi connectivity index (χ0n) is 13.2. The van der Waals surface area contributed by atoms with Crippen molar-refractivity contribution in [2.45, 2.75) is 47.5 Å². The van der Waals surface area contributed by atoms with E-state index in [0.29, 0.717) is 11.7 Å². The zero-order valence-corrected chi connectivity index (χ0v) is 13.2. The number of allylic oxidation sites excluding steroid dienone is 6. The van der Waals surface area contributed by atoms with Crippen LogP contribution in [0.15, 0.2) is 47.3 Å². The average molecular weight is 271 g/mol. The minimum Gasteiger partial charge on any atom is -0.388 e. The summed E-state index contributed by atoms with van der Waals surface area (Å²) in [5, 5.41) is 8.93. The number of hydrogen-bond donors (Lipinski definition) is 0. The highest BCUT2D eigenvalue weighted by molar-refractivity contribution is 5.52. The molecule has 1 atom stereocenters. The fraction of sp³-hybridized carbons (Fsp3) is 0.500. The normalized spacial score (nSPS) is 26.6. The van der Waals surface area contributed by atoms with E-state index < -0.39 is 0 Å². The molecule has 0 aromatic heterocycles. The molecule has 0 saturated carbocycles. The van der Waals surface area contributed by atoms with Gasteiger partial charge in [0.25, 0.3) is 6.26 Å². The van der Waals surface area contributed by atoms with Crippen LogP contribution in [0, 0.1) is 22.9 Å². The Kier molecular flexibility index (Phi) is 5.82. The second kappa shape index (κ2) is 7.14. The second-order valence-electron chi connectivity index (χ2n) is 5.36. The fourth-order valence-electron chi connectivity index (χ4n) is 3.03. The number of hydrogen-bond acceptors (Lipinski definition) is 2. The maximum Gasteiger partial charge on any atom is 0.292 e. The van der Waals surface area contributed by atoms with Gasteiger partial charge in [0.2, 0.25) is 0 Å². The summed E-state index contributed by atoms with van der Waals surface area (Å²) in [6.07, 6.45) is 14.6. The second-order valence-corrected chi connectivity index (χ2v) is 5.36. The molecule has 0 heterocycles. The predicted molar refractivity (Wildman–Crippen MR) is 83.6 cm³/mol. The van der Waals surface area contributed by atoms with Crippen molar-refractivity contribution in [3.8, 4) is 6.26 Å². The van der Waals surface area contributed by atoms with Crippen molar-refractivity contribution >= 4 is 0 Å². The summed E-state index contributed by atoms with van der Waals surface area (Å²) in [4.78, 5) is 0. The topological polar surface area (TPSA) is 33.0 Å². The number of rotatable bonds is 4. The van der Waals surface area contributed by atoms with Crippen LogP contribution in [0.3, 0.4) is 0 Å². The van der Waals surface area contributed by atoms with Gasteiger partial charge in [-0.15, -0.1) is 5.26 Å². The first-order valence-electron chi connectivity index (χ1n) is 7.37. The molecule has 1 aliphatic carbocycles. The predicted octanol–water partition coefficient (Wildman–Crippen LogP) is 5.27. The van der Waals surface area contributed by atoms with Gasteiger partial charge in [-0.1, -0.05) is 57.9 Å². The van der Waals surface area contributed by atoms with Crippen LogP contribution in [0.5, 0.6) is 0 Å². The first kappa shape index (κ1) is 16.3. The van der Waals surface area contributed by atoms with E-state index in [9.17, 15) is 0 Å². The summed E-state index contributed by atoms with van der Waals surface area (Å²) in [6, 6.07) is 0. The fourth-order valence-corrected chi connectivity index (χ4v) is 3.03. The first-order chi connectivity index (χ1) is 9.56. The van der Waals surface area contributed by atoms with Gasteiger partial charge in [-0.3, -0.25) is 0 Å². The van der Waals surface area contributed by atoms with Crippen LogP contribution in [-0.4, -0.2) is 0 Å². The van der Waals surface area contributed by atoms with E-state index in [0.717, 1.165) is 24.0 Å². The molecule has 0 saturated heterocycles. The Morgan fingerprint density at radius 1 is 1.30 bits per heavy atom. The molecular weight excluding hydrogens is 246 g/mol. The molecule has 0 amide bonds. The van der Waals surface area contributed by atoms with Crippen molar-refractivity contribution in [3.05, 3.63) is 47.3 Å². The van der Waals surface area contributed by atoms with Crippen molar-refractivity contribution in [1.82, 2.24) is 0 Å². The summed E-state index contributed by atoms with van der Waals surface area (Å²) < 4.78 is 5.25. The number of nitriles is 1. The van der Waals surface area contributed by atoms with Gasteiger partial charge in [-0.25, -0.2) is 0 Å². The van der Waals surface area contributed by atoms with E-state index in [1.807, 2.05) is 26.2 Å². The third-order valence-electron chi connectivity index (χ3n) is 4.26. The molecule has 108 valence electrons. The van der Waals surface area contributed by atoms with Crippen molar-refractivity contribution in [3.63, 3.8) is 0 Å². The molecule has 2 heteroatoms. The van der Waals surface area contributed by atoms with Crippen LogP contribution in [0.1, 0.15) is 47.5 Å². The van der Waals surface area contributed by atoms with Crippen LogP contribution >= 0.6 is 0 Å². The minimum absolute atomic E-state index is 0.0886. The highest BCUT2D eigenvalue weighted by atomic mass is 16.5. The van der Waals surface area contributed by atoms with Gasteiger partial charge in [-0.05, 0) is 31.4 Å². The molecule has 0 spiro atoms. The third kappa shape index (κ3) is 3.22. The van der Waals surface area contributed by atoms with Crippen LogP contribution < -0.4 is 0 Å². The van der Waals surface area contributed by atoms with Gasteiger partial charge in [0.1, 0.15) is 5.76 Å². The molecule has 0 radical (unpaired) electrons. The molecular formula is C18H25NO. The average Bonchev–Trinajstić information content (AvgIpc) is 2.57. The lowest BCUT2D eigenvalue weighted by Crippen LogP contribution is -2.22. The largest absolute Gasteiger partial charge is 0.388 e. The SMILES string of the molecule is C/C=C1/C=CC(C)(C(CC)CC)C=C(OC#N)/C1=C/C. The molecule has 0 aromatic carbocycles. The van der Waals surface area contributed by atoms with Gasteiger partial charge in [0, 0.05) is 11.0 Å². The Balaban J connectivity index is 3.43. The monoisotopic (exact) mass is 271 g/mol. The van der Waals surface area contributed by atoms with Crippen molar-refractivity contribution < 1.29 is 4.74 Å². The Morgan fingerprint density at radius 3 is 2.40 bits per heavy atom. The highest BCUT2D eigenvalue weighted by Gasteiger charge is 2.31. The van der Waals surface area contributed by atoms with E-state index in [2.05, 4.69) is 45.1 Å². The quantitative estimate of drug-likeness (QED) is 0.652. The standard InChI is InChI=1S/C18H25NO/c1-6-14-10-11-18(5,15(7-2)8-3)12-17(20-13-19)16(14)9-4/h6,9-12,15H,7-8H2,1-5H3/b14-6-,16-9+. The third-order valence-corrected chi connectivity index (χ3v) is 4.26. The molecule has 0 N–H and O–H groups in total. The number of nitrogens with zero attached hydrogens (tertiary/aromatic N) is 1. The van der Waals surface area contributed by atoms with E-state index in [1.54, 1.807) is 0 Å². The molecule has 0 aromatic rings. The van der Waals surface area contributed by atoms with Crippen molar-refractivity contribution in [1.29, 1.82) is 5.26 Å². The minimum atomic E-state index is -0.0886. The lowest BCUT2D eigenvalue weighted by Gasteiger charge is -2.31.